The van der Waals surface area contributed by atoms with E-state index in [1.807, 2.05) is 68.5 Å². The first kappa shape index (κ1) is 28.5. The highest BCUT2D eigenvalue weighted by molar-refractivity contribution is 6.31. The van der Waals surface area contributed by atoms with Gasteiger partial charge in [-0.15, -0.1) is 0 Å². The number of fused-ring (bicyclic) bond motifs is 1. The second kappa shape index (κ2) is 12.3. The van der Waals surface area contributed by atoms with E-state index in [2.05, 4.69) is 20.6 Å². The summed E-state index contributed by atoms with van der Waals surface area (Å²) in [6.45, 7) is 5.02. The molecule has 6 rings (SSSR count). The van der Waals surface area contributed by atoms with Crippen LogP contribution < -0.4 is 15.4 Å². The van der Waals surface area contributed by atoms with E-state index < -0.39 is 5.82 Å². The van der Waals surface area contributed by atoms with Crippen molar-refractivity contribution < 1.29 is 18.7 Å². The van der Waals surface area contributed by atoms with Gasteiger partial charge in [0.2, 0.25) is 5.91 Å². The maximum atomic E-state index is 13.7. The number of hydrogen-bond acceptors (Lipinski definition) is 5. The van der Waals surface area contributed by atoms with Crippen LogP contribution in [-0.4, -0.2) is 35.9 Å². The van der Waals surface area contributed by atoms with Crippen LogP contribution in [0.4, 0.5) is 21.5 Å². The molecule has 43 heavy (non-hydrogen) atoms. The summed E-state index contributed by atoms with van der Waals surface area (Å²) < 4.78 is 25.6. The number of nitrogens with zero attached hydrogens (tertiary/aromatic N) is 1. The number of carbonyl (C=O) groups is 1. The Labute approximate surface area is 253 Å². The fourth-order valence-corrected chi connectivity index (χ4v) is 5.23. The van der Waals surface area contributed by atoms with Crippen molar-refractivity contribution in [2.45, 2.75) is 26.4 Å². The summed E-state index contributed by atoms with van der Waals surface area (Å²) in [6.07, 6.45) is 7.78. The zero-order chi connectivity index (χ0) is 29.9. The number of benzene rings is 3. The van der Waals surface area contributed by atoms with Crippen molar-refractivity contribution >= 4 is 56.6 Å². The molecule has 1 amide bonds. The highest BCUT2D eigenvalue weighted by Crippen LogP contribution is 2.37. The zero-order valence-corrected chi connectivity index (χ0v) is 24.5. The number of aliphatic imine (C=N–C) groups is 1. The van der Waals surface area contributed by atoms with Gasteiger partial charge in [-0.1, -0.05) is 23.7 Å². The van der Waals surface area contributed by atoms with Crippen LogP contribution in [-0.2, 0) is 9.53 Å². The largest absolute Gasteiger partial charge is 0.486 e. The third-order valence-corrected chi connectivity index (χ3v) is 7.49. The number of nitrogens with one attached hydrogen (secondary N) is 3. The number of rotatable bonds is 8. The van der Waals surface area contributed by atoms with Gasteiger partial charge in [0.25, 0.3) is 0 Å². The number of H-pyrrole nitrogens is 1. The number of aryl methyl sites for hydroxylation is 1. The number of aromatic nitrogens is 1. The minimum Gasteiger partial charge on any atom is -0.486 e. The van der Waals surface area contributed by atoms with Gasteiger partial charge in [-0.05, 0) is 86.0 Å². The summed E-state index contributed by atoms with van der Waals surface area (Å²) >= 11 is 6.01. The Hall–Kier alpha value is -4.66. The highest BCUT2D eigenvalue weighted by atomic mass is 35.5. The Morgan fingerprint density at radius 3 is 2.70 bits per heavy atom. The molecular formula is C34H30ClFN4O3. The zero-order valence-electron chi connectivity index (χ0n) is 23.7. The van der Waals surface area contributed by atoms with E-state index in [1.165, 1.54) is 18.2 Å². The van der Waals surface area contributed by atoms with Crippen molar-refractivity contribution in [3.8, 4) is 5.75 Å². The SMILES string of the molecule is CC1=N/C(=C(/C=C/C(=O)Nc2cc3c(Nc4ccc(F)c(Cl)c4)cccc3cc2OC2CCOC2)c2ccc(C)[nH]2)C=C1. The van der Waals surface area contributed by atoms with Crippen molar-refractivity contribution in [3.63, 3.8) is 0 Å². The number of allylic oxidation sites excluding steroid dienone is 4. The maximum absolute atomic E-state index is 13.7. The first-order valence-corrected chi connectivity index (χ1v) is 14.4. The molecule has 3 heterocycles. The number of halogens is 2. The van der Waals surface area contributed by atoms with Gasteiger partial charge in [0, 0.05) is 51.9 Å². The molecule has 1 saturated heterocycles. The van der Waals surface area contributed by atoms with Crippen molar-refractivity contribution in [3.05, 3.63) is 113 Å². The lowest BCUT2D eigenvalue weighted by Crippen LogP contribution is -2.18. The van der Waals surface area contributed by atoms with Crippen molar-refractivity contribution in [2.75, 3.05) is 23.8 Å². The Morgan fingerprint density at radius 1 is 1.09 bits per heavy atom. The summed E-state index contributed by atoms with van der Waals surface area (Å²) in [7, 11) is 0. The lowest BCUT2D eigenvalue weighted by Gasteiger charge is -2.18. The summed E-state index contributed by atoms with van der Waals surface area (Å²) in [5.41, 5.74) is 6.26. The second-order valence-electron chi connectivity index (χ2n) is 10.5. The molecule has 0 saturated carbocycles. The van der Waals surface area contributed by atoms with E-state index in [-0.39, 0.29) is 17.0 Å². The molecule has 0 radical (unpaired) electrons. The van der Waals surface area contributed by atoms with Crippen LogP contribution >= 0.6 is 11.6 Å². The average molecular weight is 597 g/mol. The van der Waals surface area contributed by atoms with Crippen LogP contribution in [0, 0.1) is 12.7 Å². The monoisotopic (exact) mass is 596 g/mol. The fourth-order valence-electron chi connectivity index (χ4n) is 5.05. The third kappa shape index (κ3) is 6.56. The lowest BCUT2D eigenvalue weighted by molar-refractivity contribution is -0.111. The number of anilines is 3. The maximum Gasteiger partial charge on any atom is 0.248 e. The quantitative estimate of drug-likeness (QED) is 0.179. The molecule has 3 aromatic carbocycles. The van der Waals surface area contributed by atoms with Crippen LogP contribution in [0.2, 0.25) is 5.02 Å². The first-order valence-electron chi connectivity index (χ1n) is 14.0. The predicted molar refractivity (Wildman–Crippen MR) is 171 cm³/mol. The van der Waals surface area contributed by atoms with Gasteiger partial charge in [-0.3, -0.25) is 9.79 Å². The van der Waals surface area contributed by atoms with Crippen molar-refractivity contribution in [1.82, 2.24) is 4.98 Å². The smallest absolute Gasteiger partial charge is 0.248 e. The van der Waals surface area contributed by atoms with Crippen LogP contribution in [0.25, 0.3) is 16.3 Å². The molecule has 4 aromatic rings. The predicted octanol–water partition coefficient (Wildman–Crippen LogP) is 8.12. The first-order chi connectivity index (χ1) is 20.8. The molecule has 1 fully saturated rings. The second-order valence-corrected chi connectivity index (χ2v) is 10.9. The van der Waals surface area contributed by atoms with Gasteiger partial charge in [0.05, 0.1) is 29.6 Å². The number of aromatic amines is 1. The molecule has 0 aliphatic carbocycles. The van der Waals surface area contributed by atoms with Crippen LogP contribution in [0.15, 0.2) is 95.7 Å². The molecule has 7 nitrogen and oxygen atoms in total. The topological polar surface area (TPSA) is 87.7 Å². The molecule has 218 valence electrons. The summed E-state index contributed by atoms with van der Waals surface area (Å²) in [5.74, 6) is -0.270. The van der Waals surface area contributed by atoms with Gasteiger partial charge >= 0.3 is 0 Å². The Kier molecular flexibility index (Phi) is 8.13. The highest BCUT2D eigenvalue weighted by Gasteiger charge is 2.20. The molecule has 1 unspecified atom stereocenters. The van der Waals surface area contributed by atoms with Gasteiger partial charge in [0.15, 0.2) is 0 Å². The third-order valence-electron chi connectivity index (χ3n) is 7.20. The number of hydrogen-bond donors (Lipinski definition) is 3. The van der Waals surface area contributed by atoms with Gasteiger partial charge < -0.3 is 25.1 Å². The molecule has 3 N–H and O–H groups in total. The van der Waals surface area contributed by atoms with Crippen molar-refractivity contribution in [1.29, 1.82) is 0 Å². The van der Waals surface area contributed by atoms with Gasteiger partial charge in [-0.2, -0.15) is 0 Å². The van der Waals surface area contributed by atoms with E-state index in [4.69, 9.17) is 21.1 Å². The molecule has 1 aromatic heterocycles. The normalized spacial score (nSPS) is 17.5. The van der Waals surface area contributed by atoms with Crippen LogP contribution in [0.3, 0.4) is 0 Å². The molecule has 2 aliphatic rings. The number of ether oxygens (including phenoxy) is 2. The minimum atomic E-state index is -0.489. The van der Waals surface area contributed by atoms with Crippen LogP contribution in [0.1, 0.15) is 24.7 Å². The molecule has 1 atom stereocenters. The number of carbonyl (C=O) groups excluding carboxylic acids is 1. The Bertz CT molecular complexity index is 1830. The van der Waals surface area contributed by atoms with E-state index in [0.717, 1.165) is 51.3 Å². The summed E-state index contributed by atoms with van der Waals surface area (Å²) in [6, 6.07) is 18.0. The fraction of sp³-hybridized carbons (Fsp3) is 0.176. The lowest BCUT2D eigenvalue weighted by atomic mass is 10.1. The van der Waals surface area contributed by atoms with Crippen molar-refractivity contribution in [2.24, 2.45) is 4.99 Å². The number of amides is 1. The summed E-state index contributed by atoms with van der Waals surface area (Å²) in [4.78, 5) is 21.3. The van der Waals surface area contributed by atoms with Gasteiger partial charge in [-0.25, -0.2) is 4.39 Å². The summed E-state index contributed by atoms with van der Waals surface area (Å²) in [5, 5.41) is 8.10. The van der Waals surface area contributed by atoms with E-state index in [0.29, 0.717) is 30.3 Å². The molecular weight excluding hydrogens is 567 g/mol. The molecule has 2 aliphatic heterocycles. The Morgan fingerprint density at radius 2 is 1.98 bits per heavy atom. The molecule has 0 bridgehead atoms. The van der Waals surface area contributed by atoms with Gasteiger partial charge in [0.1, 0.15) is 17.7 Å². The molecule has 0 spiro atoms. The van der Waals surface area contributed by atoms with E-state index in [9.17, 15) is 9.18 Å². The molecule has 9 heteroatoms. The standard InChI is InChI=1S/C34H30ClFN4O3/c1-20-6-11-30(37-20)25(31-12-7-21(2)38-31)9-13-34(41)40-32-18-26-22(16-33(32)43-24-14-15-42-19-24)4-3-5-29(26)39-23-8-10-28(36)27(35)17-23/h3-13,16-18,24,37,39H,14-15,19H2,1-2H3,(H,40,41)/b13-9+,31-25-. The van der Waals surface area contributed by atoms with Crippen LogP contribution in [0.5, 0.6) is 5.75 Å². The Balaban J connectivity index is 1.34. The van der Waals surface area contributed by atoms with E-state index in [1.54, 1.807) is 12.1 Å². The minimum absolute atomic E-state index is 0.0252. The van der Waals surface area contributed by atoms with E-state index >= 15 is 0 Å². The average Bonchev–Trinajstić information content (AvgIpc) is 3.75.